The summed E-state index contributed by atoms with van der Waals surface area (Å²) >= 11 is 0. The highest BCUT2D eigenvalue weighted by atomic mass is 35.5. The van der Waals surface area contributed by atoms with E-state index >= 15 is 0 Å². The Kier molecular flexibility index (Phi) is 11.2. The van der Waals surface area contributed by atoms with Crippen molar-refractivity contribution in [3.8, 4) is 0 Å². The summed E-state index contributed by atoms with van der Waals surface area (Å²) in [5, 5.41) is 11.2. The van der Waals surface area contributed by atoms with Crippen molar-refractivity contribution in [1.82, 2.24) is 5.32 Å². The quantitative estimate of drug-likeness (QED) is 0.490. The molecule has 2 N–H and O–H groups in total. The molecular formula is C7H14ClNO2. The number of aliphatic carboxylic acids is 1. The number of carboxylic acids is 1. The summed E-state index contributed by atoms with van der Waals surface area (Å²) in [6.45, 7) is 3.64. The Morgan fingerprint density at radius 1 is 1.64 bits per heavy atom. The van der Waals surface area contributed by atoms with E-state index in [4.69, 9.17) is 5.11 Å². The minimum atomic E-state index is -0.890. The lowest BCUT2D eigenvalue weighted by Gasteiger charge is -1.94. The molecule has 0 radical (unpaired) electrons. The fourth-order valence-electron chi connectivity index (χ4n) is 0.522. The van der Waals surface area contributed by atoms with Gasteiger partial charge in [-0.05, 0) is 13.0 Å². The molecule has 0 aliphatic carbocycles. The van der Waals surface area contributed by atoms with Crippen LogP contribution >= 0.6 is 12.4 Å². The molecule has 0 atom stereocenters. The van der Waals surface area contributed by atoms with Crippen LogP contribution in [0.2, 0.25) is 0 Å². The summed E-state index contributed by atoms with van der Waals surface area (Å²) in [5.74, 6) is -0.890. The monoisotopic (exact) mass is 179 g/mol. The summed E-state index contributed by atoms with van der Waals surface area (Å²) in [6.07, 6.45) is 3.81. The van der Waals surface area contributed by atoms with Crippen LogP contribution in [0.25, 0.3) is 0 Å². The van der Waals surface area contributed by atoms with E-state index in [1.807, 2.05) is 0 Å². The molecule has 0 saturated heterocycles. The zero-order chi connectivity index (χ0) is 7.82. The minimum Gasteiger partial charge on any atom is -0.478 e. The van der Waals surface area contributed by atoms with Crippen LogP contribution in [0.4, 0.5) is 0 Å². The molecule has 66 valence electrons. The molecule has 0 amide bonds. The Hall–Kier alpha value is -0.540. The third kappa shape index (κ3) is 12.6. The zero-order valence-corrected chi connectivity index (χ0v) is 7.36. The van der Waals surface area contributed by atoms with Crippen LogP contribution in [-0.2, 0) is 4.79 Å². The number of carbonyl (C=O) groups is 1. The summed E-state index contributed by atoms with van der Waals surface area (Å²) in [5.41, 5.74) is 0. The van der Waals surface area contributed by atoms with Gasteiger partial charge >= 0.3 is 5.97 Å². The standard InChI is InChI=1S/C7H13NO2.ClH/c1-2-5-8-6-3-4-7(9)10;/h3-4,8H,2,5-6H2,1H3,(H,9,10);1H/b4-3+;. The topological polar surface area (TPSA) is 49.3 Å². The van der Waals surface area contributed by atoms with Gasteiger partial charge in [-0.1, -0.05) is 13.0 Å². The molecule has 0 aliphatic rings. The molecule has 0 spiro atoms. The van der Waals surface area contributed by atoms with Gasteiger partial charge in [-0.2, -0.15) is 0 Å². The van der Waals surface area contributed by atoms with Crippen LogP contribution in [0, 0.1) is 0 Å². The van der Waals surface area contributed by atoms with Crippen molar-refractivity contribution in [3.05, 3.63) is 12.2 Å². The minimum absolute atomic E-state index is 0. The van der Waals surface area contributed by atoms with Crippen molar-refractivity contribution in [2.24, 2.45) is 0 Å². The molecule has 0 heterocycles. The lowest BCUT2D eigenvalue weighted by molar-refractivity contribution is -0.131. The molecule has 4 heteroatoms. The van der Waals surface area contributed by atoms with E-state index in [-0.39, 0.29) is 12.4 Å². The van der Waals surface area contributed by atoms with Gasteiger partial charge in [0.2, 0.25) is 0 Å². The molecule has 0 aromatic rings. The van der Waals surface area contributed by atoms with E-state index in [0.29, 0.717) is 6.54 Å². The molecule has 0 saturated carbocycles. The van der Waals surface area contributed by atoms with Crippen LogP contribution in [0.5, 0.6) is 0 Å². The van der Waals surface area contributed by atoms with Gasteiger partial charge in [-0.25, -0.2) is 4.79 Å². The number of hydrogen-bond acceptors (Lipinski definition) is 2. The van der Waals surface area contributed by atoms with Crippen LogP contribution in [-0.4, -0.2) is 24.2 Å². The number of rotatable bonds is 5. The Balaban J connectivity index is 0. The first-order chi connectivity index (χ1) is 4.77. The van der Waals surface area contributed by atoms with Gasteiger partial charge in [-0.15, -0.1) is 12.4 Å². The first-order valence-corrected chi connectivity index (χ1v) is 3.37. The van der Waals surface area contributed by atoms with Gasteiger partial charge in [0.15, 0.2) is 0 Å². The predicted octanol–water partition coefficient (Wildman–Crippen LogP) is 1.05. The second-order valence-corrected chi connectivity index (χ2v) is 1.94. The van der Waals surface area contributed by atoms with E-state index in [1.54, 1.807) is 6.08 Å². The molecule has 0 aliphatic heterocycles. The molecule has 0 bridgehead atoms. The first kappa shape index (κ1) is 13.1. The summed E-state index contributed by atoms with van der Waals surface area (Å²) < 4.78 is 0. The summed E-state index contributed by atoms with van der Waals surface area (Å²) in [4.78, 5) is 9.92. The summed E-state index contributed by atoms with van der Waals surface area (Å²) in [7, 11) is 0. The fraction of sp³-hybridized carbons (Fsp3) is 0.571. The highest BCUT2D eigenvalue weighted by Gasteiger charge is 1.83. The number of hydrogen-bond donors (Lipinski definition) is 2. The van der Waals surface area contributed by atoms with Gasteiger partial charge < -0.3 is 10.4 Å². The van der Waals surface area contributed by atoms with Crippen molar-refractivity contribution in [1.29, 1.82) is 0 Å². The smallest absolute Gasteiger partial charge is 0.328 e. The maximum atomic E-state index is 9.92. The third-order valence-corrected chi connectivity index (χ3v) is 0.949. The summed E-state index contributed by atoms with van der Waals surface area (Å²) in [6, 6.07) is 0. The third-order valence-electron chi connectivity index (χ3n) is 0.949. The molecule has 0 fully saturated rings. The van der Waals surface area contributed by atoms with E-state index in [0.717, 1.165) is 19.0 Å². The number of carboxylic acid groups (broad SMARTS) is 1. The Bertz CT molecular complexity index is 126. The SMILES string of the molecule is CCCNC/C=C/C(=O)O.Cl. The Labute approximate surface area is 72.9 Å². The maximum Gasteiger partial charge on any atom is 0.328 e. The van der Waals surface area contributed by atoms with Gasteiger partial charge in [0.25, 0.3) is 0 Å². The average molecular weight is 180 g/mol. The van der Waals surface area contributed by atoms with Crippen LogP contribution < -0.4 is 5.32 Å². The molecule has 3 nitrogen and oxygen atoms in total. The van der Waals surface area contributed by atoms with Crippen molar-refractivity contribution >= 4 is 18.4 Å². The van der Waals surface area contributed by atoms with Gasteiger partial charge in [-0.3, -0.25) is 0 Å². The van der Waals surface area contributed by atoms with Crippen LogP contribution in [0.3, 0.4) is 0 Å². The van der Waals surface area contributed by atoms with Crippen molar-refractivity contribution in [2.45, 2.75) is 13.3 Å². The van der Waals surface area contributed by atoms with E-state index < -0.39 is 5.97 Å². The van der Waals surface area contributed by atoms with E-state index in [2.05, 4.69) is 12.2 Å². The Morgan fingerprint density at radius 2 is 2.27 bits per heavy atom. The van der Waals surface area contributed by atoms with Crippen LogP contribution in [0.15, 0.2) is 12.2 Å². The molecule has 0 rings (SSSR count). The van der Waals surface area contributed by atoms with E-state index in [1.165, 1.54) is 0 Å². The van der Waals surface area contributed by atoms with Crippen molar-refractivity contribution in [2.75, 3.05) is 13.1 Å². The van der Waals surface area contributed by atoms with E-state index in [9.17, 15) is 4.79 Å². The fourth-order valence-corrected chi connectivity index (χ4v) is 0.522. The molecule has 0 aromatic heterocycles. The van der Waals surface area contributed by atoms with Crippen molar-refractivity contribution < 1.29 is 9.90 Å². The largest absolute Gasteiger partial charge is 0.478 e. The number of nitrogens with one attached hydrogen (secondary N) is 1. The van der Waals surface area contributed by atoms with Gasteiger partial charge in [0, 0.05) is 12.6 Å². The molecule has 0 unspecified atom stereocenters. The second-order valence-electron chi connectivity index (χ2n) is 1.94. The van der Waals surface area contributed by atoms with Crippen molar-refractivity contribution in [3.63, 3.8) is 0 Å². The first-order valence-electron chi connectivity index (χ1n) is 3.37. The zero-order valence-electron chi connectivity index (χ0n) is 6.54. The van der Waals surface area contributed by atoms with Gasteiger partial charge in [0.1, 0.15) is 0 Å². The normalized spacial score (nSPS) is 9.55. The van der Waals surface area contributed by atoms with Gasteiger partial charge in [0.05, 0.1) is 0 Å². The highest BCUT2D eigenvalue weighted by Crippen LogP contribution is 1.72. The number of halogens is 1. The lowest BCUT2D eigenvalue weighted by atomic mass is 10.4. The van der Waals surface area contributed by atoms with Crippen LogP contribution in [0.1, 0.15) is 13.3 Å². The maximum absolute atomic E-state index is 9.92. The predicted molar refractivity (Wildman–Crippen MR) is 47.2 cm³/mol. The lowest BCUT2D eigenvalue weighted by Crippen LogP contribution is -2.14. The average Bonchev–Trinajstić information content (AvgIpc) is 1.87. The molecule has 11 heavy (non-hydrogen) atoms. The second kappa shape index (κ2) is 9.46. The molecule has 0 aromatic carbocycles. The molecular weight excluding hydrogens is 166 g/mol. The highest BCUT2D eigenvalue weighted by molar-refractivity contribution is 5.85. The Morgan fingerprint density at radius 3 is 2.73 bits per heavy atom.